The monoisotopic (exact) mass is 547 g/mol. The first-order valence-electron chi connectivity index (χ1n) is 13.1. The van der Waals surface area contributed by atoms with Gasteiger partial charge in [0.2, 0.25) is 15.9 Å². The molecule has 0 aliphatic carbocycles. The summed E-state index contributed by atoms with van der Waals surface area (Å²) in [7, 11) is -2.41. The van der Waals surface area contributed by atoms with E-state index >= 15 is 0 Å². The maximum atomic E-state index is 13.9. The van der Waals surface area contributed by atoms with Gasteiger partial charge >= 0.3 is 0 Å². The predicted molar refractivity (Wildman–Crippen MR) is 155 cm³/mol. The van der Waals surface area contributed by atoms with Gasteiger partial charge in [-0.3, -0.25) is 4.79 Å². The van der Waals surface area contributed by atoms with E-state index in [9.17, 15) is 13.2 Å². The fourth-order valence-corrected chi connectivity index (χ4v) is 6.91. The van der Waals surface area contributed by atoms with Crippen LogP contribution < -0.4 is 0 Å². The van der Waals surface area contributed by atoms with Crippen molar-refractivity contribution in [2.75, 3.05) is 33.4 Å². The molecule has 7 nitrogen and oxygen atoms in total. The molecule has 39 heavy (non-hydrogen) atoms. The van der Waals surface area contributed by atoms with Gasteiger partial charge in [-0.2, -0.15) is 4.31 Å². The summed E-state index contributed by atoms with van der Waals surface area (Å²) in [5, 5.41) is 1.12. The third kappa shape index (κ3) is 6.76. The van der Waals surface area contributed by atoms with Crippen LogP contribution in [-0.4, -0.2) is 61.9 Å². The molecule has 206 valence electrons. The molecule has 3 aromatic carbocycles. The molecule has 0 bridgehead atoms. The lowest BCUT2D eigenvalue weighted by Gasteiger charge is -2.28. The van der Waals surface area contributed by atoms with Crippen molar-refractivity contribution in [3.05, 3.63) is 101 Å². The zero-order chi connectivity index (χ0) is 28.0. The first kappa shape index (κ1) is 28.5. The number of ether oxygens (including phenoxy) is 1. The summed E-state index contributed by atoms with van der Waals surface area (Å²) < 4.78 is 34.3. The largest absolute Gasteiger partial charge is 0.383 e. The van der Waals surface area contributed by atoms with Gasteiger partial charge in [-0.15, -0.1) is 0 Å². The molecular formula is C31H37N3O4S. The number of aromatic amines is 1. The van der Waals surface area contributed by atoms with Crippen LogP contribution in [0.4, 0.5) is 0 Å². The summed E-state index contributed by atoms with van der Waals surface area (Å²) in [5.41, 5.74) is 5.49. The molecule has 1 aromatic heterocycles. The van der Waals surface area contributed by atoms with Crippen LogP contribution in [0.5, 0.6) is 0 Å². The van der Waals surface area contributed by atoms with E-state index < -0.39 is 10.0 Å². The van der Waals surface area contributed by atoms with Crippen molar-refractivity contribution in [1.82, 2.24) is 14.2 Å². The highest BCUT2D eigenvalue weighted by Crippen LogP contribution is 2.26. The number of fused-ring (bicyclic) bond motifs is 1. The van der Waals surface area contributed by atoms with Crippen LogP contribution in [0.1, 0.15) is 27.8 Å². The normalized spacial score (nSPS) is 11.8. The second-order valence-corrected chi connectivity index (χ2v) is 11.8. The van der Waals surface area contributed by atoms with E-state index in [0.717, 1.165) is 27.6 Å². The first-order valence-corrected chi connectivity index (χ1v) is 14.6. The van der Waals surface area contributed by atoms with Crippen molar-refractivity contribution in [2.24, 2.45) is 0 Å². The number of hydrogen-bond donors (Lipinski definition) is 1. The smallest absolute Gasteiger partial charge is 0.244 e. The third-order valence-corrected chi connectivity index (χ3v) is 9.11. The lowest BCUT2D eigenvalue weighted by Crippen LogP contribution is -2.44. The van der Waals surface area contributed by atoms with Crippen LogP contribution in [0.2, 0.25) is 0 Å². The number of sulfonamides is 1. The summed E-state index contributed by atoms with van der Waals surface area (Å²) in [6, 6.07) is 21.6. The lowest BCUT2D eigenvalue weighted by atomic mass is 10.1. The van der Waals surface area contributed by atoms with Crippen molar-refractivity contribution in [3.63, 3.8) is 0 Å². The zero-order valence-electron chi connectivity index (χ0n) is 23.1. The Bertz CT molecular complexity index is 1510. The zero-order valence-corrected chi connectivity index (χ0v) is 23.9. The number of carbonyl (C=O) groups is 1. The molecule has 0 spiro atoms. The van der Waals surface area contributed by atoms with Gasteiger partial charge in [-0.05, 0) is 55.5 Å². The number of aromatic nitrogens is 1. The van der Waals surface area contributed by atoms with Crippen molar-refractivity contribution in [3.8, 4) is 0 Å². The first-order chi connectivity index (χ1) is 18.7. The third-order valence-electron chi connectivity index (χ3n) is 6.95. The summed E-state index contributed by atoms with van der Waals surface area (Å²) in [6.45, 7) is 6.39. The number of H-pyrrole nitrogens is 1. The van der Waals surface area contributed by atoms with Crippen molar-refractivity contribution < 1.29 is 17.9 Å². The van der Waals surface area contributed by atoms with E-state index in [0.29, 0.717) is 30.6 Å². The Kier molecular flexibility index (Phi) is 9.22. The van der Waals surface area contributed by atoms with Crippen LogP contribution in [0.3, 0.4) is 0 Å². The average molecular weight is 548 g/mol. The van der Waals surface area contributed by atoms with E-state index in [2.05, 4.69) is 11.1 Å². The van der Waals surface area contributed by atoms with Gasteiger partial charge in [0.15, 0.2) is 0 Å². The molecule has 1 amide bonds. The number of carbonyl (C=O) groups excluding carboxylic acids is 1. The van der Waals surface area contributed by atoms with Gasteiger partial charge in [-0.1, -0.05) is 66.2 Å². The fourth-order valence-electron chi connectivity index (χ4n) is 5.12. The minimum absolute atomic E-state index is 0.0823. The molecule has 0 aliphatic rings. The Balaban J connectivity index is 1.61. The summed E-state index contributed by atoms with van der Waals surface area (Å²) in [5.74, 6) is -0.249. The SMILES string of the molecule is COCCN(CC(=O)N(CCc1c[nH]c2ccccc12)Cc1ccccc1)S(=O)(=O)c1c(C)cc(C)cc1C. The molecule has 0 saturated heterocycles. The Hall–Kier alpha value is -3.46. The molecule has 0 saturated carbocycles. The van der Waals surface area contributed by atoms with Gasteiger partial charge in [-0.25, -0.2) is 8.42 Å². The number of benzene rings is 3. The molecular weight excluding hydrogens is 510 g/mol. The number of para-hydroxylation sites is 1. The molecule has 0 fully saturated rings. The summed E-state index contributed by atoms with van der Waals surface area (Å²) in [4.78, 5) is 19.1. The number of rotatable bonds is 12. The minimum Gasteiger partial charge on any atom is -0.383 e. The number of nitrogens with zero attached hydrogens (tertiary/aromatic N) is 2. The van der Waals surface area contributed by atoms with E-state index in [1.54, 1.807) is 18.7 Å². The van der Waals surface area contributed by atoms with E-state index in [4.69, 9.17) is 4.74 Å². The lowest BCUT2D eigenvalue weighted by molar-refractivity contribution is -0.132. The molecule has 1 heterocycles. The second-order valence-electron chi connectivity index (χ2n) is 9.97. The number of amides is 1. The van der Waals surface area contributed by atoms with Crippen molar-refractivity contribution in [2.45, 2.75) is 38.6 Å². The average Bonchev–Trinajstić information content (AvgIpc) is 3.31. The van der Waals surface area contributed by atoms with Gasteiger partial charge in [0.05, 0.1) is 18.0 Å². The van der Waals surface area contributed by atoms with Crippen LogP contribution in [0.15, 0.2) is 77.8 Å². The standard InChI is InChI=1S/C31H37N3O4S/c1-23-18-24(2)31(25(3)19-23)39(36,37)34(16-17-38-4)22-30(35)33(21-26-10-6-5-7-11-26)15-14-27-20-32-29-13-9-8-12-28(27)29/h5-13,18-20,32H,14-17,21-22H2,1-4H3. The van der Waals surface area contributed by atoms with Gasteiger partial charge in [0, 0.05) is 43.8 Å². The number of hydrogen-bond acceptors (Lipinski definition) is 4. The number of nitrogens with one attached hydrogen (secondary N) is 1. The highest BCUT2D eigenvalue weighted by molar-refractivity contribution is 7.89. The highest BCUT2D eigenvalue weighted by atomic mass is 32.2. The van der Waals surface area contributed by atoms with E-state index in [1.165, 1.54) is 11.4 Å². The fraction of sp³-hybridized carbons (Fsp3) is 0.323. The summed E-state index contributed by atoms with van der Waals surface area (Å²) >= 11 is 0. The predicted octanol–water partition coefficient (Wildman–Crippen LogP) is 5.00. The van der Waals surface area contributed by atoms with Gasteiger partial charge in [0.25, 0.3) is 0 Å². The quantitative estimate of drug-likeness (QED) is 0.271. The summed E-state index contributed by atoms with van der Waals surface area (Å²) in [6.07, 6.45) is 2.62. The maximum Gasteiger partial charge on any atom is 0.244 e. The molecule has 4 rings (SSSR count). The van der Waals surface area contributed by atoms with Crippen LogP contribution >= 0.6 is 0 Å². The molecule has 8 heteroatoms. The van der Waals surface area contributed by atoms with Gasteiger partial charge in [0.1, 0.15) is 0 Å². The molecule has 0 aliphatic heterocycles. The van der Waals surface area contributed by atoms with Crippen LogP contribution in [-0.2, 0) is 32.5 Å². The topological polar surface area (TPSA) is 82.7 Å². The minimum atomic E-state index is -3.94. The number of aryl methyl sites for hydroxylation is 3. The van der Waals surface area contributed by atoms with E-state index in [-0.39, 0.29) is 30.5 Å². The Morgan fingerprint density at radius 1 is 0.923 bits per heavy atom. The van der Waals surface area contributed by atoms with Crippen LogP contribution in [0.25, 0.3) is 10.9 Å². The Labute approximate surface area is 231 Å². The highest BCUT2D eigenvalue weighted by Gasteiger charge is 2.31. The van der Waals surface area contributed by atoms with Crippen molar-refractivity contribution in [1.29, 1.82) is 0 Å². The molecule has 0 unspecified atom stereocenters. The second kappa shape index (κ2) is 12.6. The number of methoxy groups -OCH3 is 1. The van der Waals surface area contributed by atoms with Crippen LogP contribution in [0, 0.1) is 20.8 Å². The molecule has 0 radical (unpaired) electrons. The molecule has 0 atom stereocenters. The van der Waals surface area contributed by atoms with Crippen molar-refractivity contribution >= 4 is 26.8 Å². The van der Waals surface area contributed by atoms with Gasteiger partial charge < -0.3 is 14.6 Å². The molecule has 4 aromatic rings. The Morgan fingerprint density at radius 3 is 2.28 bits per heavy atom. The Morgan fingerprint density at radius 2 is 1.59 bits per heavy atom. The van der Waals surface area contributed by atoms with E-state index in [1.807, 2.05) is 73.8 Å². The molecule has 1 N–H and O–H groups in total. The maximum absolute atomic E-state index is 13.9.